The summed E-state index contributed by atoms with van der Waals surface area (Å²) in [5, 5.41) is 9.52. The Balaban J connectivity index is 2.45. The largest absolute Gasteiger partial charge is 0.478 e. The minimum atomic E-state index is -0.823. The van der Waals surface area contributed by atoms with Crippen LogP contribution in [-0.4, -0.2) is 29.9 Å². The Hall–Kier alpha value is -1.16. The number of benzene rings is 1. The third-order valence-electron chi connectivity index (χ3n) is 3.80. The van der Waals surface area contributed by atoms with Crippen molar-refractivity contribution >= 4 is 23.4 Å². The van der Waals surface area contributed by atoms with Crippen LogP contribution in [0, 0.1) is 0 Å². The van der Waals surface area contributed by atoms with Gasteiger partial charge in [-0.1, -0.05) is 18.9 Å². The van der Waals surface area contributed by atoms with Crippen molar-refractivity contribution < 1.29 is 9.90 Å². The van der Waals surface area contributed by atoms with Crippen molar-refractivity contribution in [1.29, 1.82) is 0 Å². The molecular formula is C15H21NO2S. The van der Waals surface area contributed by atoms with E-state index in [0.717, 1.165) is 30.0 Å². The maximum atomic E-state index is 11.6. The second kappa shape index (κ2) is 6.33. The molecule has 1 aromatic rings. The molecule has 3 nitrogen and oxygen atoms in total. The topological polar surface area (TPSA) is 40.5 Å². The molecule has 104 valence electrons. The van der Waals surface area contributed by atoms with Crippen LogP contribution >= 0.6 is 11.8 Å². The van der Waals surface area contributed by atoms with E-state index in [4.69, 9.17) is 0 Å². The second-order valence-electron chi connectivity index (χ2n) is 5.05. The standard InChI is InChI=1S/C15H21NO2S/c1-11-7-4-3-5-10-16(11)12-8-6-9-13(19-2)14(12)15(17)18/h6,8-9,11H,3-5,7,10H2,1-2H3,(H,17,18). The molecule has 0 aliphatic carbocycles. The van der Waals surface area contributed by atoms with Gasteiger partial charge in [0.15, 0.2) is 0 Å². The molecule has 1 aliphatic rings. The predicted octanol–water partition coefficient (Wildman–Crippen LogP) is 3.88. The zero-order chi connectivity index (χ0) is 13.8. The van der Waals surface area contributed by atoms with Gasteiger partial charge in [0.1, 0.15) is 0 Å². The van der Waals surface area contributed by atoms with Crippen LogP contribution in [-0.2, 0) is 0 Å². The minimum Gasteiger partial charge on any atom is -0.478 e. The van der Waals surface area contributed by atoms with E-state index in [0.29, 0.717) is 11.6 Å². The monoisotopic (exact) mass is 279 g/mol. The van der Waals surface area contributed by atoms with Crippen LogP contribution in [0.2, 0.25) is 0 Å². The summed E-state index contributed by atoms with van der Waals surface area (Å²) >= 11 is 1.50. The van der Waals surface area contributed by atoms with E-state index in [2.05, 4.69) is 11.8 Å². The van der Waals surface area contributed by atoms with Crippen LogP contribution in [0.3, 0.4) is 0 Å². The van der Waals surface area contributed by atoms with Gasteiger partial charge in [0.25, 0.3) is 0 Å². The predicted molar refractivity (Wildman–Crippen MR) is 80.5 cm³/mol. The van der Waals surface area contributed by atoms with Gasteiger partial charge in [-0.25, -0.2) is 4.79 Å². The van der Waals surface area contributed by atoms with Gasteiger partial charge >= 0.3 is 5.97 Å². The number of anilines is 1. The van der Waals surface area contributed by atoms with Crippen molar-refractivity contribution in [3.05, 3.63) is 23.8 Å². The number of hydrogen-bond donors (Lipinski definition) is 1. The first-order valence-electron chi connectivity index (χ1n) is 6.82. The highest BCUT2D eigenvalue weighted by atomic mass is 32.2. The lowest BCUT2D eigenvalue weighted by molar-refractivity contribution is 0.0693. The van der Waals surface area contributed by atoms with Crippen molar-refractivity contribution in [2.24, 2.45) is 0 Å². The Morgan fingerprint density at radius 2 is 2.16 bits per heavy atom. The zero-order valence-electron chi connectivity index (χ0n) is 11.6. The third-order valence-corrected chi connectivity index (χ3v) is 4.58. The number of nitrogens with zero attached hydrogens (tertiary/aromatic N) is 1. The molecule has 0 bridgehead atoms. The fourth-order valence-electron chi connectivity index (χ4n) is 2.78. The van der Waals surface area contributed by atoms with Crippen LogP contribution in [0.25, 0.3) is 0 Å². The van der Waals surface area contributed by atoms with Crippen molar-refractivity contribution in [1.82, 2.24) is 0 Å². The Morgan fingerprint density at radius 1 is 1.37 bits per heavy atom. The summed E-state index contributed by atoms with van der Waals surface area (Å²) in [5.41, 5.74) is 1.34. The molecule has 0 aromatic heterocycles. The Kier molecular flexibility index (Phi) is 4.75. The maximum absolute atomic E-state index is 11.6. The molecule has 1 unspecified atom stereocenters. The molecule has 1 heterocycles. The average molecular weight is 279 g/mol. The first-order valence-corrected chi connectivity index (χ1v) is 8.04. The van der Waals surface area contributed by atoms with Gasteiger partial charge in [-0.15, -0.1) is 11.8 Å². The number of aromatic carboxylic acids is 1. The highest BCUT2D eigenvalue weighted by Gasteiger charge is 2.23. The molecule has 0 spiro atoms. The first kappa shape index (κ1) is 14.3. The van der Waals surface area contributed by atoms with E-state index >= 15 is 0 Å². The normalized spacial score (nSPS) is 20.1. The van der Waals surface area contributed by atoms with E-state index in [1.165, 1.54) is 24.6 Å². The van der Waals surface area contributed by atoms with Crippen molar-refractivity contribution in [2.45, 2.75) is 43.5 Å². The molecule has 0 saturated carbocycles. The lowest BCUT2D eigenvalue weighted by atomic mass is 10.1. The number of rotatable bonds is 3. The molecule has 4 heteroatoms. The lowest BCUT2D eigenvalue weighted by Gasteiger charge is -2.31. The van der Waals surface area contributed by atoms with Gasteiger partial charge < -0.3 is 10.0 Å². The maximum Gasteiger partial charge on any atom is 0.338 e. The molecule has 0 radical (unpaired) electrons. The van der Waals surface area contributed by atoms with Gasteiger partial charge in [-0.3, -0.25) is 0 Å². The number of hydrogen-bond acceptors (Lipinski definition) is 3. The number of carbonyl (C=O) groups is 1. The van der Waals surface area contributed by atoms with Crippen LogP contribution in [0.4, 0.5) is 5.69 Å². The summed E-state index contributed by atoms with van der Waals surface area (Å²) < 4.78 is 0. The van der Waals surface area contributed by atoms with Crippen LogP contribution in [0.5, 0.6) is 0 Å². The Morgan fingerprint density at radius 3 is 2.84 bits per heavy atom. The summed E-state index contributed by atoms with van der Waals surface area (Å²) in [6.45, 7) is 3.15. The van der Waals surface area contributed by atoms with Gasteiger partial charge in [-0.05, 0) is 38.2 Å². The van der Waals surface area contributed by atoms with Gasteiger partial charge in [0.05, 0.1) is 11.3 Å². The van der Waals surface area contributed by atoms with Gasteiger partial charge in [-0.2, -0.15) is 0 Å². The molecule has 1 saturated heterocycles. The van der Waals surface area contributed by atoms with E-state index in [1.807, 2.05) is 24.5 Å². The second-order valence-corrected chi connectivity index (χ2v) is 5.90. The van der Waals surface area contributed by atoms with Crippen LogP contribution in [0.15, 0.2) is 23.1 Å². The number of carboxylic acids is 1. The van der Waals surface area contributed by atoms with E-state index in [9.17, 15) is 9.90 Å². The zero-order valence-corrected chi connectivity index (χ0v) is 12.4. The summed E-state index contributed by atoms with van der Waals surface area (Å²) in [5.74, 6) is -0.823. The van der Waals surface area contributed by atoms with Gasteiger partial charge in [0, 0.05) is 17.5 Å². The minimum absolute atomic E-state index is 0.415. The molecule has 0 amide bonds. The summed E-state index contributed by atoms with van der Waals surface area (Å²) in [6.07, 6.45) is 6.70. The Labute approximate surface area is 119 Å². The highest BCUT2D eigenvalue weighted by Crippen LogP contribution is 2.32. The first-order chi connectivity index (χ1) is 9.15. The van der Waals surface area contributed by atoms with Crippen LogP contribution < -0.4 is 4.90 Å². The van der Waals surface area contributed by atoms with Crippen LogP contribution in [0.1, 0.15) is 43.0 Å². The lowest BCUT2D eigenvalue weighted by Crippen LogP contribution is -2.33. The molecule has 1 aromatic carbocycles. The highest BCUT2D eigenvalue weighted by molar-refractivity contribution is 7.98. The quantitative estimate of drug-likeness (QED) is 0.853. The van der Waals surface area contributed by atoms with E-state index in [-0.39, 0.29) is 0 Å². The average Bonchev–Trinajstić information content (AvgIpc) is 2.62. The molecule has 2 rings (SSSR count). The molecular weight excluding hydrogens is 258 g/mol. The van der Waals surface area contributed by atoms with E-state index < -0.39 is 5.97 Å². The molecule has 1 fully saturated rings. The Bertz CT molecular complexity index is 461. The summed E-state index contributed by atoms with van der Waals surface area (Å²) in [7, 11) is 0. The van der Waals surface area contributed by atoms with E-state index in [1.54, 1.807) is 0 Å². The number of carboxylic acid groups (broad SMARTS) is 1. The molecule has 19 heavy (non-hydrogen) atoms. The smallest absolute Gasteiger partial charge is 0.338 e. The van der Waals surface area contributed by atoms with Gasteiger partial charge in [0.2, 0.25) is 0 Å². The fourth-order valence-corrected chi connectivity index (χ4v) is 3.39. The molecule has 1 atom stereocenters. The van der Waals surface area contributed by atoms with Crippen molar-refractivity contribution in [3.63, 3.8) is 0 Å². The summed E-state index contributed by atoms with van der Waals surface area (Å²) in [6, 6.07) is 6.22. The molecule has 1 N–H and O–H groups in total. The fraction of sp³-hybridized carbons (Fsp3) is 0.533. The van der Waals surface area contributed by atoms with Crippen molar-refractivity contribution in [3.8, 4) is 0 Å². The third kappa shape index (κ3) is 3.06. The van der Waals surface area contributed by atoms with Crippen molar-refractivity contribution in [2.75, 3.05) is 17.7 Å². The molecule has 1 aliphatic heterocycles. The SMILES string of the molecule is CSc1cccc(N2CCCCCC2C)c1C(=O)O. The summed E-state index contributed by atoms with van der Waals surface area (Å²) in [4.78, 5) is 14.7. The number of thioether (sulfide) groups is 1.